The molecule has 3 aliphatic heterocycles. The molecule has 0 radical (unpaired) electrons. The number of amides is 3. The van der Waals surface area contributed by atoms with Gasteiger partial charge >= 0.3 is 0 Å². The van der Waals surface area contributed by atoms with Crippen molar-refractivity contribution >= 4 is 35.2 Å². The van der Waals surface area contributed by atoms with E-state index in [1.807, 2.05) is 31.2 Å². The van der Waals surface area contributed by atoms with Crippen molar-refractivity contribution in [2.24, 2.45) is 11.8 Å². The van der Waals surface area contributed by atoms with E-state index < -0.39 is 27.4 Å². The first-order valence-corrected chi connectivity index (χ1v) is 15.1. The molecule has 8 nitrogen and oxygen atoms in total. The van der Waals surface area contributed by atoms with E-state index in [-0.39, 0.29) is 24.3 Å². The summed E-state index contributed by atoms with van der Waals surface area (Å²) < 4.78 is 4.51. The van der Waals surface area contributed by atoms with Crippen molar-refractivity contribution < 1.29 is 24.2 Å². The Morgan fingerprint density at radius 3 is 2.53 bits per heavy atom. The summed E-state index contributed by atoms with van der Waals surface area (Å²) in [7, 11) is 0. The van der Waals surface area contributed by atoms with Crippen LogP contribution in [0.2, 0.25) is 0 Å². The minimum absolute atomic E-state index is 0.0783. The summed E-state index contributed by atoms with van der Waals surface area (Å²) in [5, 5.41) is 15.4. The third-order valence-corrected chi connectivity index (χ3v) is 10.4. The fourth-order valence-electron chi connectivity index (χ4n) is 6.64. The van der Waals surface area contributed by atoms with Crippen LogP contribution in [-0.4, -0.2) is 69.6 Å². The number of fused-ring (bicyclic) bond motifs is 1. The molecule has 9 heteroatoms. The second-order valence-electron chi connectivity index (χ2n) is 11.0. The van der Waals surface area contributed by atoms with Crippen molar-refractivity contribution in [3.05, 3.63) is 24.3 Å². The second kappa shape index (κ2) is 12.3. The van der Waals surface area contributed by atoms with Gasteiger partial charge in [-0.15, -0.1) is 11.8 Å². The first-order valence-electron chi connectivity index (χ1n) is 14.2. The average Bonchev–Trinajstić information content (AvgIpc) is 3.46. The Balaban J connectivity index is 1.58. The number of aliphatic hydroxyl groups is 1. The summed E-state index contributed by atoms with van der Waals surface area (Å²) in [5.74, 6) is -0.638. The fraction of sp³-hybridized carbons (Fsp3) is 0.690. The van der Waals surface area contributed by atoms with E-state index in [2.05, 4.69) is 24.5 Å². The Bertz CT molecular complexity index is 1000. The molecule has 1 aromatic rings. The van der Waals surface area contributed by atoms with Crippen molar-refractivity contribution in [1.82, 2.24) is 10.2 Å². The van der Waals surface area contributed by atoms with Crippen molar-refractivity contribution in [3.63, 3.8) is 0 Å². The Morgan fingerprint density at radius 2 is 1.84 bits per heavy atom. The molecular formula is C29H43N3O5S. The van der Waals surface area contributed by atoms with Crippen LogP contribution in [-0.2, 0) is 14.4 Å². The zero-order chi connectivity index (χ0) is 27.3. The highest BCUT2D eigenvalue weighted by atomic mass is 32.2. The molecule has 2 unspecified atom stereocenters. The number of benzene rings is 1. The molecule has 2 bridgehead atoms. The molecule has 0 saturated carbocycles. The number of ether oxygens (including phenoxy) is 1. The van der Waals surface area contributed by atoms with E-state index >= 15 is 0 Å². The summed E-state index contributed by atoms with van der Waals surface area (Å²) in [6.07, 6.45) is 6.74. The third-order valence-electron chi connectivity index (χ3n) is 8.38. The Morgan fingerprint density at radius 1 is 1.08 bits per heavy atom. The second-order valence-corrected chi connectivity index (χ2v) is 12.9. The van der Waals surface area contributed by atoms with Crippen LogP contribution in [0.25, 0.3) is 0 Å². The molecule has 1 spiro atoms. The zero-order valence-corrected chi connectivity index (χ0v) is 23.8. The predicted molar refractivity (Wildman–Crippen MR) is 150 cm³/mol. The highest BCUT2D eigenvalue weighted by molar-refractivity contribution is 8.02. The first kappa shape index (κ1) is 28.7. The van der Waals surface area contributed by atoms with Crippen LogP contribution in [0.5, 0.6) is 5.75 Å². The van der Waals surface area contributed by atoms with Crippen LogP contribution in [0, 0.1) is 11.8 Å². The molecule has 5 atom stereocenters. The lowest BCUT2D eigenvalue weighted by Gasteiger charge is -2.34. The Hall–Kier alpha value is -2.26. The van der Waals surface area contributed by atoms with Crippen LogP contribution in [0.15, 0.2) is 24.3 Å². The number of nitrogens with zero attached hydrogens (tertiary/aromatic N) is 1. The highest BCUT2D eigenvalue weighted by Crippen LogP contribution is 2.71. The number of anilines is 1. The van der Waals surface area contributed by atoms with Crippen molar-refractivity contribution in [2.75, 3.05) is 31.6 Å². The maximum absolute atomic E-state index is 14.0. The van der Waals surface area contributed by atoms with Crippen molar-refractivity contribution in [3.8, 4) is 5.75 Å². The largest absolute Gasteiger partial charge is 0.494 e. The van der Waals surface area contributed by atoms with E-state index in [9.17, 15) is 19.5 Å². The normalized spacial score (nSPS) is 29.4. The van der Waals surface area contributed by atoms with Gasteiger partial charge in [0.25, 0.3) is 0 Å². The molecule has 210 valence electrons. The molecule has 1 aromatic carbocycles. The van der Waals surface area contributed by atoms with E-state index in [4.69, 9.17) is 4.74 Å². The Kier molecular flexibility index (Phi) is 9.29. The van der Waals surface area contributed by atoms with E-state index in [1.54, 1.807) is 16.7 Å². The number of unbranched alkanes of at least 4 members (excludes halogenated alkanes) is 4. The summed E-state index contributed by atoms with van der Waals surface area (Å²) >= 11 is 1.70. The smallest absolute Gasteiger partial charge is 0.244 e. The molecule has 3 N–H and O–H groups in total. The van der Waals surface area contributed by atoms with Crippen molar-refractivity contribution in [1.29, 1.82) is 0 Å². The number of carbonyl (C=O) groups is 3. The number of rotatable bonds is 14. The highest BCUT2D eigenvalue weighted by Gasteiger charge is 2.76. The lowest BCUT2D eigenvalue weighted by molar-refractivity contribution is -0.139. The summed E-state index contributed by atoms with van der Waals surface area (Å²) in [5.41, 5.74) is 0.667. The van der Waals surface area contributed by atoms with Crippen LogP contribution < -0.4 is 15.4 Å². The van der Waals surface area contributed by atoms with Gasteiger partial charge in [-0.3, -0.25) is 14.4 Å². The molecule has 3 heterocycles. The third kappa shape index (κ3) is 5.41. The molecule has 4 rings (SSSR count). The SMILES string of the molecule is CCCCCNC(=O)C1N(CCCCCO)C(=O)[C@@H]2[C@@H](C(=O)Nc3ccc(OCC)cc3)[C@@]3(C)CCC12S3. The maximum Gasteiger partial charge on any atom is 0.244 e. The van der Waals surface area contributed by atoms with Gasteiger partial charge in [0.2, 0.25) is 17.7 Å². The average molecular weight is 546 g/mol. The standard InChI is InChI=1S/C29H43N3O5S/c1-4-6-8-17-30-26(35)24-29-16-15-28(3,38-29)22(23(29)27(36)32(24)18-9-7-10-19-33)25(34)31-20-11-13-21(14-12-20)37-5-2/h11-14,22-24,33H,4-10,15-19H2,1-3H3,(H,30,35)(H,31,34)/t22-,23-,24?,28+,29?/m0/s1. The van der Waals surface area contributed by atoms with Crippen LogP contribution in [0.1, 0.15) is 72.1 Å². The van der Waals surface area contributed by atoms with Crippen LogP contribution in [0.3, 0.4) is 0 Å². The van der Waals surface area contributed by atoms with Crippen LogP contribution in [0.4, 0.5) is 5.69 Å². The first-order chi connectivity index (χ1) is 18.3. The summed E-state index contributed by atoms with van der Waals surface area (Å²) in [6.45, 7) is 7.88. The number of likely N-dealkylation sites (tertiary alicyclic amines) is 1. The number of nitrogens with one attached hydrogen (secondary N) is 2. The van der Waals surface area contributed by atoms with Crippen LogP contribution >= 0.6 is 11.8 Å². The number of carbonyl (C=O) groups excluding carboxylic acids is 3. The van der Waals surface area contributed by atoms with E-state index in [0.717, 1.165) is 50.7 Å². The summed E-state index contributed by atoms with van der Waals surface area (Å²) in [6, 6.07) is 6.71. The van der Waals surface area contributed by atoms with Gasteiger partial charge in [-0.05, 0) is 76.6 Å². The molecule has 0 aromatic heterocycles. The molecular weight excluding hydrogens is 502 g/mol. The van der Waals surface area contributed by atoms with Gasteiger partial charge in [0.05, 0.1) is 23.2 Å². The van der Waals surface area contributed by atoms with Gasteiger partial charge in [-0.2, -0.15) is 0 Å². The van der Waals surface area contributed by atoms with Gasteiger partial charge in [0, 0.05) is 30.1 Å². The topological polar surface area (TPSA) is 108 Å². The lowest BCUT2D eigenvalue weighted by Crippen LogP contribution is -2.54. The van der Waals surface area contributed by atoms with E-state index in [0.29, 0.717) is 31.8 Å². The molecule has 0 aliphatic carbocycles. The number of hydrogen-bond donors (Lipinski definition) is 3. The Labute approximate surface area is 230 Å². The number of hydrogen-bond acceptors (Lipinski definition) is 6. The van der Waals surface area contributed by atoms with Gasteiger partial charge in [0.15, 0.2) is 0 Å². The summed E-state index contributed by atoms with van der Waals surface area (Å²) in [4.78, 5) is 43.2. The lowest BCUT2D eigenvalue weighted by atomic mass is 9.66. The molecule has 3 amide bonds. The van der Waals surface area contributed by atoms with E-state index in [1.165, 1.54) is 0 Å². The fourth-order valence-corrected chi connectivity index (χ4v) is 9.00. The van der Waals surface area contributed by atoms with Gasteiger partial charge < -0.3 is 25.4 Å². The van der Waals surface area contributed by atoms with Gasteiger partial charge in [-0.1, -0.05) is 19.8 Å². The molecule has 3 fully saturated rings. The van der Waals surface area contributed by atoms with Crippen molar-refractivity contribution in [2.45, 2.75) is 87.7 Å². The number of thioether (sulfide) groups is 1. The number of aliphatic hydroxyl groups excluding tert-OH is 1. The maximum atomic E-state index is 14.0. The molecule has 38 heavy (non-hydrogen) atoms. The molecule has 3 aliphatic rings. The predicted octanol–water partition coefficient (Wildman–Crippen LogP) is 3.97. The minimum Gasteiger partial charge on any atom is -0.494 e. The quantitative estimate of drug-likeness (QED) is 0.305. The monoisotopic (exact) mass is 545 g/mol. The van der Waals surface area contributed by atoms with Gasteiger partial charge in [-0.25, -0.2) is 0 Å². The van der Waals surface area contributed by atoms with Gasteiger partial charge in [0.1, 0.15) is 11.8 Å². The minimum atomic E-state index is -0.599. The zero-order valence-electron chi connectivity index (χ0n) is 23.0. The molecule has 3 saturated heterocycles.